The lowest BCUT2D eigenvalue weighted by atomic mass is 9.94. The summed E-state index contributed by atoms with van der Waals surface area (Å²) in [4.78, 5) is 24.8. The Morgan fingerprint density at radius 3 is 1.53 bits per heavy atom. The highest BCUT2D eigenvalue weighted by Crippen LogP contribution is 2.31. The van der Waals surface area contributed by atoms with Crippen molar-refractivity contribution in [1.82, 2.24) is 0 Å². The molecule has 2 aromatic rings. The van der Waals surface area contributed by atoms with Crippen LogP contribution in [0.4, 0.5) is 0 Å². The van der Waals surface area contributed by atoms with Crippen molar-refractivity contribution in [2.45, 2.75) is 19.8 Å². The zero-order valence-corrected chi connectivity index (χ0v) is 18.9. The molecule has 32 heavy (non-hydrogen) atoms. The normalized spacial score (nSPS) is 11.3. The van der Waals surface area contributed by atoms with E-state index in [1.165, 1.54) is 28.4 Å². The maximum absolute atomic E-state index is 12.7. The molecule has 0 saturated heterocycles. The first-order valence-corrected chi connectivity index (χ1v) is 9.90. The van der Waals surface area contributed by atoms with Crippen molar-refractivity contribution in [1.29, 1.82) is 0 Å². The average Bonchev–Trinajstić information content (AvgIpc) is 2.80. The SMILES string of the molecule is CCOC(=O)/C(Cc1ccc(OC)c(OC)c1)=C(/Cc1ccc(OC)c(OC)c1)C(=O)[O-]. The Morgan fingerprint density at radius 2 is 1.16 bits per heavy atom. The number of carbonyl (C=O) groups excluding carboxylic acids is 2. The number of aliphatic carboxylic acids is 1. The van der Waals surface area contributed by atoms with Gasteiger partial charge in [0.25, 0.3) is 0 Å². The van der Waals surface area contributed by atoms with Gasteiger partial charge in [0.15, 0.2) is 23.0 Å². The second-order valence-corrected chi connectivity index (χ2v) is 6.70. The van der Waals surface area contributed by atoms with Crippen molar-refractivity contribution in [3.05, 3.63) is 58.7 Å². The summed E-state index contributed by atoms with van der Waals surface area (Å²) in [5, 5.41) is 12.1. The van der Waals surface area contributed by atoms with Crippen LogP contribution in [0.25, 0.3) is 0 Å². The second-order valence-electron chi connectivity index (χ2n) is 6.70. The van der Waals surface area contributed by atoms with Gasteiger partial charge in [-0.05, 0) is 54.3 Å². The summed E-state index contributed by atoms with van der Waals surface area (Å²) in [5.74, 6) is -0.247. The van der Waals surface area contributed by atoms with Gasteiger partial charge in [-0.3, -0.25) is 0 Å². The van der Waals surface area contributed by atoms with Crippen molar-refractivity contribution in [3.63, 3.8) is 0 Å². The molecule has 0 radical (unpaired) electrons. The minimum absolute atomic E-state index is 0.00569. The predicted octanol–water partition coefficient (Wildman–Crippen LogP) is 2.12. The molecule has 172 valence electrons. The molecule has 8 heteroatoms. The largest absolute Gasteiger partial charge is 0.545 e. The van der Waals surface area contributed by atoms with E-state index in [1.54, 1.807) is 43.3 Å². The van der Waals surface area contributed by atoms with E-state index in [0.29, 0.717) is 34.1 Å². The highest BCUT2D eigenvalue weighted by molar-refractivity contribution is 5.99. The number of methoxy groups -OCH3 is 4. The van der Waals surface area contributed by atoms with E-state index in [2.05, 4.69) is 0 Å². The topological polar surface area (TPSA) is 103 Å². The number of carbonyl (C=O) groups is 2. The van der Waals surface area contributed by atoms with Crippen LogP contribution in [0.5, 0.6) is 23.0 Å². The molecule has 0 amide bonds. The summed E-state index contributed by atoms with van der Waals surface area (Å²) in [5.41, 5.74) is 1.08. The van der Waals surface area contributed by atoms with Gasteiger partial charge >= 0.3 is 5.97 Å². The van der Waals surface area contributed by atoms with Crippen molar-refractivity contribution in [3.8, 4) is 23.0 Å². The Hall–Kier alpha value is -3.68. The lowest BCUT2D eigenvalue weighted by molar-refractivity contribution is -0.299. The van der Waals surface area contributed by atoms with E-state index in [1.807, 2.05) is 0 Å². The van der Waals surface area contributed by atoms with Crippen LogP contribution in [0.3, 0.4) is 0 Å². The van der Waals surface area contributed by atoms with Gasteiger partial charge in [0, 0.05) is 12.0 Å². The molecular formula is C24H27O8-. The highest BCUT2D eigenvalue weighted by Gasteiger charge is 2.20. The van der Waals surface area contributed by atoms with E-state index in [9.17, 15) is 14.7 Å². The molecule has 2 aromatic carbocycles. The van der Waals surface area contributed by atoms with Crippen LogP contribution < -0.4 is 24.1 Å². The average molecular weight is 443 g/mol. The van der Waals surface area contributed by atoms with Crippen molar-refractivity contribution < 1.29 is 38.4 Å². The Bertz CT molecular complexity index is 993. The molecule has 0 aliphatic carbocycles. The molecule has 0 fully saturated rings. The summed E-state index contributed by atoms with van der Waals surface area (Å²) in [7, 11) is 6.00. The lowest BCUT2D eigenvalue weighted by Crippen LogP contribution is -2.29. The molecular weight excluding hydrogens is 416 g/mol. The predicted molar refractivity (Wildman–Crippen MR) is 115 cm³/mol. The minimum Gasteiger partial charge on any atom is -0.545 e. The number of benzene rings is 2. The third kappa shape index (κ3) is 5.94. The number of hydrogen-bond acceptors (Lipinski definition) is 8. The monoisotopic (exact) mass is 443 g/mol. The first-order valence-electron chi connectivity index (χ1n) is 9.90. The highest BCUT2D eigenvalue weighted by atomic mass is 16.5. The standard InChI is InChI=1S/C24H28O8/c1-6-32-24(27)18(12-16-8-10-20(29-3)22(14-16)31-5)17(23(25)26)11-15-7-9-19(28-2)21(13-15)30-4/h7-10,13-14H,6,11-12H2,1-5H3,(H,25,26)/p-1/b18-17-. The molecule has 0 unspecified atom stereocenters. The number of ether oxygens (including phenoxy) is 5. The molecule has 0 heterocycles. The van der Waals surface area contributed by atoms with Crippen LogP contribution in [0.1, 0.15) is 18.1 Å². The molecule has 2 rings (SSSR count). The smallest absolute Gasteiger partial charge is 0.334 e. The van der Waals surface area contributed by atoms with Crippen LogP contribution in [0.15, 0.2) is 47.5 Å². The summed E-state index contributed by atoms with van der Waals surface area (Å²) in [6.07, 6.45) is -0.0556. The van der Waals surface area contributed by atoms with E-state index in [4.69, 9.17) is 23.7 Å². The fraction of sp³-hybridized carbons (Fsp3) is 0.333. The quantitative estimate of drug-likeness (QED) is 0.384. The van der Waals surface area contributed by atoms with E-state index in [0.717, 1.165) is 0 Å². The number of rotatable bonds is 11. The molecule has 0 saturated carbocycles. The fourth-order valence-electron chi connectivity index (χ4n) is 3.21. The molecule has 0 aliphatic rings. The van der Waals surface area contributed by atoms with E-state index in [-0.39, 0.29) is 30.6 Å². The van der Waals surface area contributed by atoms with Crippen LogP contribution >= 0.6 is 0 Å². The molecule has 0 aliphatic heterocycles. The molecule has 0 N–H and O–H groups in total. The summed E-state index contributed by atoms with van der Waals surface area (Å²) < 4.78 is 26.2. The third-order valence-electron chi connectivity index (χ3n) is 4.79. The van der Waals surface area contributed by atoms with Crippen molar-refractivity contribution in [2.75, 3.05) is 35.0 Å². The Balaban J connectivity index is 2.53. The van der Waals surface area contributed by atoms with Gasteiger partial charge in [-0.1, -0.05) is 12.1 Å². The van der Waals surface area contributed by atoms with Gasteiger partial charge < -0.3 is 33.6 Å². The molecule has 8 nitrogen and oxygen atoms in total. The first-order chi connectivity index (χ1) is 15.4. The Kier molecular flexibility index (Phi) is 8.95. The Labute approximate surface area is 187 Å². The lowest BCUT2D eigenvalue weighted by Gasteiger charge is -2.17. The maximum atomic E-state index is 12.7. The number of carboxylic acids is 1. The minimum atomic E-state index is -1.46. The van der Waals surface area contributed by atoms with Crippen molar-refractivity contribution >= 4 is 11.9 Å². The second kappa shape index (κ2) is 11.6. The van der Waals surface area contributed by atoms with Gasteiger partial charge in [0.1, 0.15) is 0 Å². The number of hydrogen-bond donors (Lipinski definition) is 0. The Morgan fingerprint density at radius 1 is 0.719 bits per heavy atom. The number of esters is 1. The molecule has 0 spiro atoms. The molecule has 0 aromatic heterocycles. The van der Waals surface area contributed by atoms with Gasteiger partial charge in [-0.25, -0.2) is 4.79 Å². The maximum Gasteiger partial charge on any atom is 0.334 e. The van der Waals surface area contributed by atoms with Crippen LogP contribution in [-0.4, -0.2) is 47.0 Å². The summed E-state index contributed by atoms with van der Waals surface area (Å²) in [6.45, 7) is 1.75. The third-order valence-corrected chi connectivity index (χ3v) is 4.79. The summed E-state index contributed by atoms with van der Waals surface area (Å²) >= 11 is 0. The van der Waals surface area contributed by atoms with Crippen molar-refractivity contribution in [2.24, 2.45) is 0 Å². The zero-order chi connectivity index (χ0) is 23.7. The zero-order valence-electron chi connectivity index (χ0n) is 18.9. The van der Waals surface area contributed by atoms with Gasteiger partial charge in [0.05, 0.1) is 41.0 Å². The van der Waals surface area contributed by atoms with E-state index >= 15 is 0 Å². The summed E-state index contributed by atoms with van der Waals surface area (Å²) in [6, 6.07) is 10.1. The first kappa shape index (κ1) is 24.6. The van der Waals surface area contributed by atoms with Gasteiger partial charge in [-0.2, -0.15) is 0 Å². The number of carboxylic acid groups (broad SMARTS) is 1. The molecule has 0 atom stereocenters. The van der Waals surface area contributed by atoms with Crippen LogP contribution in [0, 0.1) is 0 Å². The fourth-order valence-corrected chi connectivity index (χ4v) is 3.21. The van der Waals surface area contributed by atoms with Gasteiger partial charge in [-0.15, -0.1) is 0 Å². The molecule has 0 bridgehead atoms. The van der Waals surface area contributed by atoms with Gasteiger partial charge in [0.2, 0.25) is 0 Å². The van der Waals surface area contributed by atoms with Crippen LogP contribution in [-0.2, 0) is 27.2 Å². The van der Waals surface area contributed by atoms with E-state index < -0.39 is 11.9 Å². The van der Waals surface area contributed by atoms with Crippen LogP contribution in [0.2, 0.25) is 0 Å².